The summed E-state index contributed by atoms with van der Waals surface area (Å²) in [5, 5.41) is 1.13. The van der Waals surface area contributed by atoms with Crippen molar-refractivity contribution in [3.8, 4) is 5.75 Å². The van der Waals surface area contributed by atoms with Gasteiger partial charge in [-0.05, 0) is 36.4 Å². The molecule has 0 saturated carbocycles. The quantitative estimate of drug-likeness (QED) is 0.725. The molecule has 19 heavy (non-hydrogen) atoms. The highest BCUT2D eigenvalue weighted by atomic mass is 16.5. The number of benzene rings is 2. The summed E-state index contributed by atoms with van der Waals surface area (Å²) in [5.74, 6) is 0.808. The van der Waals surface area contributed by atoms with Crippen molar-refractivity contribution in [1.82, 2.24) is 4.98 Å². The van der Waals surface area contributed by atoms with E-state index in [-0.39, 0.29) is 0 Å². The molecule has 94 valence electrons. The summed E-state index contributed by atoms with van der Waals surface area (Å²) in [7, 11) is 0. The van der Waals surface area contributed by atoms with Gasteiger partial charge in [-0.1, -0.05) is 18.2 Å². The molecule has 2 aromatic carbocycles. The van der Waals surface area contributed by atoms with Crippen LogP contribution in [0.15, 0.2) is 60.8 Å². The fourth-order valence-electron chi connectivity index (χ4n) is 1.93. The van der Waals surface area contributed by atoms with Crippen molar-refractivity contribution in [2.75, 3.05) is 5.73 Å². The molecule has 0 amide bonds. The van der Waals surface area contributed by atoms with Crippen LogP contribution in [0.5, 0.6) is 5.75 Å². The van der Waals surface area contributed by atoms with Crippen molar-refractivity contribution in [2.45, 2.75) is 6.61 Å². The first kappa shape index (κ1) is 11.5. The summed E-state index contributed by atoms with van der Waals surface area (Å²) in [4.78, 5) is 4.41. The van der Waals surface area contributed by atoms with E-state index in [2.05, 4.69) is 17.1 Å². The molecule has 0 atom stereocenters. The maximum absolute atomic E-state index is 5.70. The Balaban J connectivity index is 1.76. The number of pyridine rings is 1. The molecule has 0 saturated heterocycles. The van der Waals surface area contributed by atoms with Crippen molar-refractivity contribution in [2.24, 2.45) is 0 Å². The molecule has 3 heteroatoms. The summed E-state index contributed by atoms with van der Waals surface area (Å²) in [6.07, 6.45) is 1.85. The first-order valence-electron chi connectivity index (χ1n) is 6.13. The minimum absolute atomic E-state index is 0.502. The maximum atomic E-state index is 5.70. The molecule has 0 radical (unpaired) electrons. The molecular weight excluding hydrogens is 236 g/mol. The van der Waals surface area contributed by atoms with Gasteiger partial charge in [0.15, 0.2) is 0 Å². The fraction of sp³-hybridized carbons (Fsp3) is 0.0625. The first-order valence-corrected chi connectivity index (χ1v) is 6.13. The van der Waals surface area contributed by atoms with Gasteiger partial charge in [-0.25, -0.2) is 0 Å². The lowest BCUT2D eigenvalue weighted by Crippen LogP contribution is -1.96. The molecule has 0 spiro atoms. The van der Waals surface area contributed by atoms with E-state index in [1.165, 1.54) is 0 Å². The zero-order valence-electron chi connectivity index (χ0n) is 10.4. The number of aromatic nitrogens is 1. The third-order valence-electron chi connectivity index (χ3n) is 2.93. The zero-order valence-corrected chi connectivity index (χ0v) is 10.4. The highest BCUT2D eigenvalue weighted by Gasteiger charge is 1.99. The largest absolute Gasteiger partial charge is 0.489 e. The van der Waals surface area contributed by atoms with Crippen LogP contribution in [0.4, 0.5) is 5.69 Å². The Kier molecular flexibility index (Phi) is 3.02. The Morgan fingerprint density at radius 3 is 2.63 bits per heavy atom. The number of ether oxygens (including phenoxy) is 1. The van der Waals surface area contributed by atoms with E-state index in [0.717, 1.165) is 27.9 Å². The predicted octanol–water partition coefficient (Wildman–Crippen LogP) is 3.40. The minimum atomic E-state index is 0.502. The summed E-state index contributed by atoms with van der Waals surface area (Å²) >= 11 is 0. The van der Waals surface area contributed by atoms with E-state index in [1.54, 1.807) is 0 Å². The third kappa shape index (κ3) is 2.65. The molecule has 1 aromatic heterocycles. The summed E-state index contributed by atoms with van der Waals surface area (Å²) < 4.78 is 5.70. The standard InChI is InChI=1S/C16H14N2O/c17-14-5-7-15(8-6-14)19-11-12-9-13-3-1-2-4-16(13)18-10-12/h1-10H,11,17H2. The molecule has 2 N–H and O–H groups in total. The predicted molar refractivity (Wildman–Crippen MR) is 76.9 cm³/mol. The molecule has 0 aliphatic carbocycles. The summed E-state index contributed by atoms with van der Waals surface area (Å²) in [6, 6.07) is 17.5. The van der Waals surface area contributed by atoms with E-state index in [1.807, 2.05) is 48.7 Å². The van der Waals surface area contributed by atoms with Crippen LogP contribution < -0.4 is 10.5 Å². The third-order valence-corrected chi connectivity index (χ3v) is 2.93. The summed E-state index contributed by atoms with van der Waals surface area (Å²) in [5.41, 5.74) is 8.42. The normalized spacial score (nSPS) is 10.5. The number of para-hydroxylation sites is 1. The molecule has 0 aliphatic rings. The lowest BCUT2D eigenvalue weighted by atomic mass is 10.2. The van der Waals surface area contributed by atoms with Crippen LogP contribution in [0.25, 0.3) is 10.9 Å². The second kappa shape index (κ2) is 4.98. The Hall–Kier alpha value is -2.55. The van der Waals surface area contributed by atoms with E-state index in [9.17, 15) is 0 Å². The van der Waals surface area contributed by atoms with Crippen LogP contribution in [-0.4, -0.2) is 4.98 Å². The molecular formula is C16H14N2O. The van der Waals surface area contributed by atoms with E-state index in [0.29, 0.717) is 6.61 Å². The van der Waals surface area contributed by atoms with Crippen molar-refractivity contribution < 1.29 is 4.74 Å². The molecule has 0 unspecified atom stereocenters. The van der Waals surface area contributed by atoms with E-state index < -0.39 is 0 Å². The molecule has 1 heterocycles. The van der Waals surface area contributed by atoms with Crippen LogP contribution in [0.3, 0.4) is 0 Å². The highest BCUT2D eigenvalue weighted by molar-refractivity contribution is 5.78. The van der Waals surface area contributed by atoms with Crippen molar-refractivity contribution >= 4 is 16.6 Å². The molecule has 3 nitrogen and oxygen atoms in total. The number of nitrogen functional groups attached to an aromatic ring is 1. The monoisotopic (exact) mass is 250 g/mol. The van der Waals surface area contributed by atoms with Crippen molar-refractivity contribution in [3.05, 3.63) is 66.4 Å². The number of hydrogen-bond donors (Lipinski definition) is 1. The van der Waals surface area contributed by atoms with Crippen LogP contribution in [-0.2, 0) is 6.61 Å². The Morgan fingerprint density at radius 2 is 1.79 bits per heavy atom. The van der Waals surface area contributed by atoms with E-state index in [4.69, 9.17) is 10.5 Å². The van der Waals surface area contributed by atoms with Crippen LogP contribution >= 0.6 is 0 Å². The number of anilines is 1. The first-order chi connectivity index (χ1) is 9.31. The maximum Gasteiger partial charge on any atom is 0.119 e. The van der Waals surface area contributed by atoms with E-state index >= 15 is 0 Å². The molecule has 0 fully saturated rings. The highest BCUT2D eigenvalue weighted by Crippen LogP contribution is 2.17. The molecule has 0 bridgehead atoms. The second-order valence-corrected chi connectivity index (χ2v) is 4.39. The average molecular weight is 250 g/mol. The smallest absolute Gasteiger partial charge is 0.119 e. The van der Waals surface area contributed by atoms with Gasteiger partial charge in [-0.3, -0.25) is 4.98 Å². The SMILES string of the molecule is Nc1ccc(OCc2cnc3ccccc3c2)cc1. The summed E-state index contributed by atoms with van der Waals surface area (Å²) in [6.45, 7) is 0.502. The van der Waals surface area contributed by atoms with Gasteiger partial charge >= 0.3 is 0 Å². The van der Waals surface area contributed by atoms with Crippen LogP contribution in [0.2, 0.25) is 0 Å². The number of nitrogens with zero attached hydrogens (tertiary/aromatic N) is 1. The van der Waals surface area contributed by atoms with Gasteiger partial charge < -0.3 is 10.5 Å². The van der Waals surface area contributed by atoms with Gasteiger partial charge in [0.2, 0.25) is 0 Å². The van der Waals surface area contributed by atoms with Gasteiger partial charge in [0.05, 0.1) is 5.52 Å². The number of nitrogens with two attached hydrogens (primary N) is 1. The van der Waals surface area contributed by atoms with Crippen LogP contribution in [0.1, 0.15) is 5.56 Å². The topological polar surface area (TPSA) is 48.1 Å². The van der Waals surface area contributed by atoms with Gasteiger partial charge in [0.1, 0.15) is 12.4 Å². The molecule has 0 aliphatic heterocycles. The Morgan fingerprint density at radius 1 is 1.00 bits per heavy atom. The lowest BCUT2D eigenvalue weighted by Gasteiger charge is -2.07. The average Bonchev–Trinajstić information content (AvgIpc) is 2.46. The minimum Gasteiger partial charge on any atom is -0.489 e. The zero-order chi connectivity index (χ0) is 13.1. The van der Waals surface area contributed by atoms with Crippen molar-refractivity contribution in [3.63, 3.8) is 0 Å². The molecule has 3 rings (SSSR count). The number of rotatable bonds is 3. The molecule has 3 aromatic rings. The van der Waals surface area contributed by atoms with Crippen LogP contribution in [0, 0.1) is 0 Å². The number of fused-ring (bicyclic) bond motifs is 1. The lowest BCUT2D eigenvalue weighted by molar-refractivity contribution is 0.306. The Bertz CT molecular complexity index is 692. The van der Waals surface area contributed by atoms with Gasteiger partial charge in [0.25, 0.3) is 0 Å². The second-order valence-electron chi connectivity index (χ2n) is 4.39. The Labute approximate surface area is 111 Å². The fourth-order valence-corrected chi connectivity index (χ4v) is 1.93. The van der Waals surface area contributed by atoms with Gasteiger partial charge in [0, 0.05) is 22.8 Å². The van der Waals surface area contributed by atoms with Gasteiger partial charge in [-0.15, -0.1) is 0 Å². The van der Waals surface area contributed by atoms with Gasteiger partial charge in [-0.2, -0.15) is 0 Å². The number of hydrogen-bond acceptors (Lipinski definition) is 3. The van der Waals surface area contributed by atoms with Crippen molar-refractivity contribution in [1.29, 1.82) is 0 Å².